The van der Waals surface area contributed by atoms with Gasteiger partial charge in [0.15, 0.2) is 11.5 Å². The molecule has 5 heteroatoms. The highest BCUT2D eigenvalue weighted by Crippen LogP contribution is 2.31. The summed E-state index contributed by atoms with van der Waals surface area (Å²) in [6.45, 7) is 2.10. The van der Waals surface area contributed by atoms with Crippen LogP contribution in [-0.4, -0.2) is 23.6 Å². The molecule has 4 rings (SSSR count). The first kappa shape index (κ1) is 14.5. The van der Waals surface area contributed by atoms with Crippen molar-refractivity contribution in [3.8, 4) is 11.5 Å². The molecule has 0 bridgehead atoms. The van der Waals surface area contributed by atoms with E-state index in [1.807, 2.05) is 55.5 Å². The van der Waals surface area contributed by atoms with Crippen molar-refractivity contribution in [2.75, 3.05) is 11.9 Å². The number of fused-ring (bicyclic) bond motifs is 2. The minimum atomic E-state index is -0.694. The maximum atomic E-state index is 12.6. The lowest BCUT2D eigenvalue weighted by Crippen LogP contribution is -2.40. The van der Waals surface area contributed by atoms with E-state index in [0.717, 1.165) is 16.6 Å². The number of para-hydroxylation sites is 3. The van der Waals surface area contributed by atoms with Crippen LogP contribution in [0.3, 0.4) is 0 Å². The molecular formula is C19H16N2O3. The van der Waals surface area contributed by atoms with Gasteiger partial charge in [-0.2, -0.15) is 0 Å². The van der Waals surface area contributed by atoms with Crippen LogP contribution in [0.1, 0.15) is 5.69 Å². The zero-order chi connectivity index (χ0) is 16.5. The number of amides is 1. The van der Waals surface area contributed by atoms with Gasteiger partial charge < -0.3 is 14.8 Å². The Kier molecular flexibility index (Phi) is 3.54. The summed E-state index contributed by atoms with van der Waals surface area (Å²) in [5.41, 5.74) is 2.34. The van der Waals surface area contributed by atoms with E-state index < -0.39 is 6.10 Å². The fourth-order valence-corrected chi connectivity index (χ4v) is 2.71. The average molecular weight is 320 g/mol. The van der Waals surface area contributed by atoms with Crippen molar-refractivity contribution >= 4 is 22.5 Å². The van der Waals surface area contributed by atoms with Gasteiger partial charge in [0.1, 0.15) is 6.61 Å². The number of anilines is 1. The predicted octanol–water partition coefficient (Wildman–Crippen LogP) is 3.32. The summed E-state index contributed by atoms with van der Waals surface area (Å²) in [5, 5.41) is 3.88. The van der Waals surface area contributed by atoms with Crippen LogP contribution < -0.4 is 14.8 Å². The topological polar surface area (TPSA) is 60.5 Å². The summed E-state index contributed by atoms with van der Waals surface area (Å²) in [5.74, 6) is 0.986. The van der Waals surface area contributed by atoms with Gasteiger partial charge in [0.2, 0.25) is 6.10 Å². The largest absolute Gasteiger partial charge is 0.485 e. The van der Waals surface area contributed by atoms with Crippen LogP contribution in [0.2, 0.25) is 0 Å². The quantitative estimate of drug-likeness (QED) is 0.787. The van der Waals surface area contributed by atoms with Gasteiger partial charge in [-0.05, 0) is 31.2 Å². The molecule has 1 amide bonds. The van der Waals surface area contributed by atoms with Crippen molar-refractivity contribution in [3.63, 3.8) is 0 Å². The second-order valence-electron chi connectivity index (χ2n) is 5.68. The number of aryl methyl sites for hydroxylation is 1. The lowest BCUT2D eigenvalue weighted by Gasteiger charge is -2.25. The van der Waals surface area contributed by atoms with E-state index in [1.54, 1.807) is 6.07 Å². The van der Waals surface area contributed by atoms with Gasteiger partial charge in [0.05, 0.1) is 11.2 Å². The Morgan fingerprint density at radius 3 is 2.79 bits per heavy atom. The van der Waals surface area contributed by atoms with Crippen LogP contribution in [0.4, 0.5) is 5.69 Å². The summed E-state index contributed by atoms with van der Waals surface area (Å²) in [7, 11) is 0. The average Bonchev–Trinajstić information content (AvgIpc) is 2.62. The number of ether oxygens (including phenoxy) is 2. The highest BCUT2D eigenvalue weighted by atomic mass is 16.6. The number of nitrogens with zero attached hydrogens (tertiary/aromatic N) is 1. The van der Waals surface area contributed by atoms with E-state index in [9.17, 15) is 4.79 Å². The third-order valence-electron chi connectivity index (χ3n) is 3.92. The van der Waals surface area contributed by atoms with Gasteiger partial charge >= 0.3 is 0 Å². The number of carbonyl (C=O) groups is 1. The molecule has 0 fully saturated rings. The Morgan fingerprint density at radius 1 is 1.08 bits per heavy atom. The number of benzene rings is 2. The summed E-state index contributed by atoms with van der Waals surface area (Å²) in [6, 6.07) is 17.0. The van der Waals surface area contributed by atoms with Crippen molar-refractivity contribution in [1.29, 1.82) is 0 Å². The number of hydrogen-bond acceptors (Lipinski definition) is 4. The summed E-state index contributed by atoms with van der Waals surface area (Å²) in [6.07, 6.45) is -0.694. The second-order valence-corrected chi connectivity index (χ2v) is 5.68. The number of pyridine rings is 1. The standard InChI is InChI=1S/C19H16N2O3/c1-12-9-10-13-5-4-6-14(18(13)20-12)21-19(22)17-11-23-15-7-2-3-8-16(15)24-17/h2-10,17H,11H2,1H3,(H,21,22)/t17-/m0/s1. The minimum Gasteiger partial charge on any atom is -0.485 e. The van der Waals surface area contributed by atoms with E-state index in [-0.39, 0.29) is 12.5 Å². The molecule has 0 saturated heterocycles. The zero-order valence-electron chi connectivity index (χ0n) is 13.2. The first-order valence-electron chi connectivity index (χ1n) is 7.76. The molecule has 0 spiro atoms. The molecule has 1 aliphatic heterocycles. The smallest absolute Gasteiger partial charge is 0.269 e. The number of nitrogens with one attached hydrogen (secondary N) is 1. The van der Waals surface area contributed by atoms with Crippen LogP contribution in [0, 0.1) is 6.92 Å². The molecule has 0 saturated carbocycles. The molecule has 5 nitrogen and oxygen atoms in total. The normalized spacial score (nSPS) is 16.0. The van der Waals surface area contributed by atoms with Crippen LogP contribution in [0.15, 0.2) is 54.6 Å². The molecule has 3 aromatic rings. The third kappa shape index (κ3) is 2.65. The molecule has 1 aromatic heterocycles. The maximum absolute atomic E-state index is 12.6. The Balaban J connectivity index is 1.58. The van der Waals surface area contributed by atoms with Crippen molar-refractivity contribution in [2.45, 2.75) is 13.0 Å². The molecule has 0 radical (unpaired) electrons. The van der Waals surface area contributed by atoms with Gasteiger partial charge in [-0.25, -0.2) is 0 Å². The summed E-state index contributed by atoms with van der Waals surface area (Å²) >= 11 is 0. The highest BCUT2D eigenvalue weighted by molar-refractivity contribution is 6.02. The Bertz CT molecular complexity index is 923. The van der Waals surface area contributed by atoms with Crippen molar-refractivity contribution in [2.24, 2.45) is 0 Å². The van der Waals surface area contributed by atoms with Gasteiger partial charge in [-0.3, -0.25) is 9.78 Å². The Labute approximate surface area is 139 Å². The molecule has 120 valence electrons. The fourth-order valence-electron chi connectivity index (χ4n) is 2.71. The third-order valence-corrected chi connectivity index (χ3v) is 3.92. The van der Waals surface area contributed by atoms with E-state index in [0.29, 0.717) is 17.2 Å². The molecule has 2 aromatic carbocycles. The molecule has 0 aliphatic carbocycles. The zero-order valence-corrected chi connectivity index (χ0v) is 13.2. The van der Waals surface area contributed by atoms with Crippen LogP contribution in [0.5, 0.6) is 11.5 Å². The Morgan fingerprint density at radius 2 is 1.92 bits per heavy atom. The van der Waals surface area contributed by atoms with Crippen LogP contribution in [-0.2, 0) is 4.79 Å². The number of rotatable bonds is 2. The molecule has 24 heavy (non-hydrogen) atoms. The fraction of sp³-hybridized carbons (Fsp3) is 0.158. The first-order valence-corrected chi connectivity index (χ1v) is 7.76. The van der Waals surface area contributed by atoms with Gasteiger partial charge in [-0.15, -0.1) is 0 Å². The Hall–Kier alpha value is -3.08. The van der Waals surface area contributed by atoms with Crippen LogP contribution >= 0.6 is 0 Å². The number of aromatic nitrogens is 1. The van der Waals surface area contributed by atoms with E-state index in [2.05, 4.69) is 10.3 Å². The van der Waals surface area contributed by atoms with E-state index >= 15 is 0 Å². The lowest BCUT2D eigenvalue weighted by molar-refractivity contribution is -0.125. The van der Waals surface area contributed by atoms with Crippen LogP contribution in [0.25, 0.3) is 10.9 Å². The predicted molar refractivity (Wildman–Crippen MR) is 91.5 cm³/mol. The van der Waals surface area contributed by atoms with Gasteiger partial charge in [0.25, 0.3) is 5.91 Å². The SMILES string of the molecule is Cc1ccc2cccc(NC(=O)[C@@H]3COc4ccccc4O3)c2n1. The highest BCUT2D eigenvalue weighted by Gasteiger charge is 2.27. The molecule has 1 aliphatic rings. The lowest BCUT2D eigenvalue weighted by atomic mass is 10.1. The molecule has 2 heterocycles. The van der Waals surface area contributed by atoms with E-state index in [4.69, 9.17) is 9.47 Å². The number of carbonyl (C=O) groups excluding carboxylic acids is 1. The summed E-state index contributed by atoms with van der Waals surface area (Å²) in [4.78, 5) is 17.1. The minimum absolute atomic E-state index is 0.181. The van der Waals surface area contributed by atoms with Crippen molar-refractivity contribution in [3.05, 3.63) is 60.3 Å². The molecular weight excluding hydrogens is 304 g/mol. The van der Waals surface area contributed by atoms with Crippen molar-refractivity contribution in [1.82, 2.24) is 4.98 Å². The maximum Gasteiger partial charge on any atom is 0.269 e. The second kappa shape index (κ2) is 5.85. The molecule has 0 unspecified atom stereocenters. The van der Waals surface area contributed by atoms with Crippen molar-refractivity contribution < 1.29 is 14.3 Å². The van der Waals surface area contributed by atoms with Gasteiger partial charge in [-0.1, -0.05) is 30.3 Å². The molecule has 1 atom stereocenters. The van der Waals surface area contributed by atoms with E-state index in [1.165, 1.54) is 0 Å². The summed E-state index contributed by atoms with van der Waals surface area (Å²) < 4.78 is 11.3. The molecule has 1 N–H and O–H groups in total. The first-order chi connectivity index (χ1) is 11.7. The monoisotopic (exact) mass is 320 g/mol. The van der Waals surface area contributed by atoms with Gasteiger partial charge in [0, 0.05) is 11.1 Å². The number of hydrogen-bond donors (Lipinski definition) is 1.